The number of allylic oxidation sites excluding steroid dienone is 1. The summed E-state index contributed by atoms with van der Waals surface area (Å²) in [5.41, 5.74) is -1.66. The van der Waals surface area contributed by atoms with Crippen LogP contribution in [0, 0.1) is 35.1 Å². The molecule has 0 N–H and O–H groups in total. The summed E-state index contributed by atoms with van der Waals surface area (Å²) in [4.78, 5) is 8.48. The molecule has 5 aromatic rings. The Hall–Kier alpha value is -5.05. The SMILES string of the molecule is C=CCCc1cnc(-c2ccc3c(F)c(C(F)(F)Oc4ccc5c(F)c(C#CC(F)(F)F)c(F)cc5c4)c(F)cc3c2)nc1. The molecule has 0 fully saturated rings. The van der Waals surface area contributed by atoms with Gasteiger partial charge in [0.2, 0.25) is 0 Å². The highest BCUT2D eigenvalue weighted by Gasteiger charge is 2.42. The van der Waals surface area contributed by atoms with Crippen LogP contribution in [-0.2, 0) is 12.5 Å². The van der Waals surface area contributed by atoms with Gasteiger partial charge in [-0.05, 0) is 65.6 Å². The largest absolute Gasteiger partial charge is 0.458 e. The fraction of sp³-hybridized carbons (Fsp3) is 0.125. The van der Waals surface area contributed by atoms with Crippen LogP contribution in [0.1, 0.15) is 23.1 Å². The zero-order chi connectivity index (χ0) is 31.8. The summed E-state index contributed by atoms with van der Waals surface area (Å²) in [6.45, 7) is 3.64. The number of halogens is 9. The zero-order valence-electron chi connectivity index (χ0n) is 22.2. The molecule has 1 aromatic heterocycles. The van der Waals surface area contributed by atoms with Crippen molar-refractivity contribution in [2.45, 2.75) is 25.1 Å². The molecule has 0 radical (unpaired) electrons. The second-order valence-corrected chi connectivity index (χ2v) is 9.52. The minimum Gasteiger partial charge on any atom is -0.429 e. The molecule has 4 aromatic carbocycles. The number of alkyl halides is 5. The smallest absolute Gasteiger partial charge is 0.429 e. The van der Waals surface area contributed by atoms with Crippen molar-refractivity contribution >= 4 is 21.5 Å². The van der Waals surface area contributed by atoms with Crippen molar-refractivity contribution in [3.05, 3.63) is 114 Å². The molecule has 224 valence electrons. The minimum absolute atomic E-state index is 0.0579. The maximum Gasteiger partial charge on any atom is 0.458 e. The van der Waals surface area contributed by atoms with E-state index in [4.69, 9.17) is 0 Å². The Morgan fingerprint density at radius 1 is 0.795 bits per heavy atom. The first-order valence-electron chi connectivity index (χ1n) is 12.7. The van der Waals surface area contributed by atoms with Gasteiger partial charge in [0.25, 0.3) is 0 Å². The second kappa shape index (κ2) is 11.6. The van der Waals surface area contributed by atoms with Crippen LogP contribution in [0.25, 0.3) is 32.9 Å². The monoisotopic (exact) mass is 616 g/mol. The van der Waals surface area contributed by atoms with E-state index < -0.39 is 57.8 Å². The van der Waals surface area contributed by atoms with Gasteiger partial charge in [0.15, 0.2) is 5.82 Å². The number of aromatic nitrogens is 2. The molecule has 0 saturated carbocycles. The van der Waals surface area contributed by atoms with E-state index in [9.17, 15) is 22.0 Å². The normalized spacial score (nSPS) is 11.8. The molecule has 44 heavy (non-hydrogen) atoms. The highest BCUT2D eigenvalue weighted by atomic mass is 19.4. The first-order chi connectivity index (χ1) is 20.8. The van der Waals surface area contributed by atoms with Crippen molar-refractivity contribution < 1.29 is 44.3 Å². The van der Waals surface area contributed by atoms with Crippen LogP contribution < -0.4 is 4.74 Å². The van der Waals surface area contributed by atoms with Gasteiger partial charge in [-0.15, -0.1) is 6.58 Å². The number of benzene rings is 4. The molecular formula is C32H17F9N2O. The van der Waals surface area contributed by atoms with E-state index in [2.05, 4.69) is 21.3 Å². The van der Waals surface area contributed by atoms with E-state index in [0.29, 0.717) is 24.1 Å². The van der Waals surface area contributed by atoms with E-state index in [1.165, 1.54) is 18.1 Å². The molecule has 0 amide bonds. The van der Waals surface area contributed by atoms with Crippen LogP contribution in [0.3, 0.4) is 0 Å². The summed E-state index contributed by atoms with van der Waals surface area (Å²) >= 11 is 0. The third-order valence-corrected chi connectivity index (χ3v) is 6.50. The molecule has 0 unspecified atom stereocenters. The first kappa shape index (κ1) is 30.4. The molecule has 3 nitrogen and oxygen atoms in total. The molecule has 0 aliphatic heterocycles. The predicted octanol–water partition coefficient (Wildman–Crippen LogP) is 9.17. The quantitative estimate of drug-likeness (QED) is 0.104. The van der Waals surface area contributed by atoms with Gasteiger partial charge in [0.1, 0.15) is 34.6 Å². The molecule has 0 atom stereocenters. The Bertz CT molecular complexity index is 1980. The number of hydrogen-bond donors (Lipinski definition) is 0. The minimum atomic E-state index is -5.02. The lowest BCUT2D eigenvalue weighted by Gasteiger charge is -2.20. The average Bonchev–Trinajstić information content (AvgIpc) is 2.94. The molecule has 12 heteroatoms. The van der Waals surface area contributed by atoms with Crippen LogP contribution in [0.4, 0.5) is 39.5 Å². The van der Waals surface area contributed by atoms with Crippen LogP contribution in [0.5, 0.6) is 5.75 Å². The molecule has 0 saturated heterocycles. The Kier molecular flexibility index (Phi) is 7.99. The van der Waals surface area contributed by atoms with Gasteiger partial charge >= 0.3 is 12.3 Å². The van der Waals surface area contributed by atoms with E-state index in [1.54, 1.807) is 18.5 Å². The summed E-state index contributed by atoms with van der Waals surface area (Å²) in [5, 5.41) is -1.25. The molecule has 0 aliphatic rings. The zero-order valence-corrected chi connectivity index (χ0v) is 22.2. The molecule has 5 rings (SSSR count). The third kappa shape index (κ3) is 6.17. The van der Waals surface area contributed by atoms with Crippen molar-refractivity contribution in [2.24, 2.45) is 0 Å². The van der Waals surface area contributed by atoms with Crippen LogP contribution in [0.15, 0.2) is 73.6 Å². The van der Waals surface area contributed by atoms with Crippen molar-refractivity contribution in [1.29, 1.82) is 0 Å². The lowest BCUT2D eigenvalue weighted by molar-refractivity contribution is -0.189. The van der Waals surface area contributed by atoms with E-state index >= 15 is 17.6 Å². The lowest BCUT2D eigenvalue weighted by atomic mass is 10.0. The highest BCUT2D eigenvalue weighted by Crippen LogP contribution is 2.39. The number of rotatable bonds is 7. The first-order valence-corrected chi connectivity index (χ1v) is 12.7. The van der Waals surface area contributed by atoms with Crippen LogP contribution in [0.2, 0.25) is 0 Å². The van der Waals surface area contributed by atoms with Gasteiger partial charge in [0, 0.05) is 34.7 Å². The average molecular weight is 616 g/mol. The molecule has 0 bridgehead atoms. The Labute approximate surface area is 243 Å². The Balaban J connectivity index is 1.46. The van der Waals surface area contributed by atoms with E-state index in [0.717, 1.165) is 42.2 Å². The van der Waals surface area contributed by atoms with Gasteiger partial charge in [0.05, 0.1) is 5.56 Å². The summed E-state index contributed by atoms with van der Waals surface area (Å²) in [6, 6.07) is 7.49. The van der Waals surface area contributed by atoms with Crippen LogP contribution in [-0.4, -0.2) is 16.1 Å². The summed E-state index contributed by atoms with van der Waals surface area (Å²) < 4.78 is 131. The molecular weight excluding hydrogens is 599 g/mol. The predicted molar refractivity (Wildman–Crippen MR) is 145 cm³/mol. The van der Waals surface area contributed by atoms with Gasteiger partial charge in [-0.25, -0.2) is 27.5 Å². The lowest BCUT2D eigenvalue weighted by Crippen LogP contribution is -2.25. The van der Waals surface area contributed by atoms with E-state index in [1.807, 2.05) is 0 Å². The number of nitrogens with zero attached hydrogens (tertiary/aromatic N) is 2. The Morgan fingerprint density at radius 2 is 1.43 bits per heavy atom. The van der Waals surface area contributed by atoms with Gasteiger partial charge in [-0.2, -0.15) is 22.0 Å². The molecule has 1 heterocycles. The third-order valence-electron chi connectivity index (χ3n) is 6.50. The van der Waals surface area contributed by atoms with Crippen molar-refractivity contribution in [2.75, 3.05) is 0 Å². The summed E-state index contributed by atoms with van der Waals surface area (Å²) in [5.74, 6) is -4.57. The fourth-order valence-electron chi connectivity index (χ4n) is 4.46. The summed E-state index contributed by atoms with van der Waals surface area (Å²) in [6.07, 6.45) is -3.30. The number of aryl methyl sites for hydroxylation is 1. The standard InChI is InChI=1S/C32H17F9N2O/c1-2-3-4-17-15-42-30(43-16-17)18-5-7-23-19(11-18)14-26(34)27(29(23)36)32(40,41)44-21-6-8-22-20(12-21)13-25(33)24(28(22)35)9-10-31(37,38)39/h2,5-8,11-16H,1,3-4H2. The van der Waals surface area contributed by atoms with Crippen molar-refractivity contribution in [1.82, 2.24) is 9.97 Å². The Morgan fingerprint density at radius 3 is 2.11 bits per heavy atom. The summed E-state index contributed by atoms with van der Waals surface area (Å²) in [7, 11) is 0. The topological polar surface area (TPSA) is 35.0 Å². The molecule has 0 aliphatic carbocycles. The highest BCUT2D eigenvalue weighted by molar-refractivity contribution is 5.88. The maximum absolute atomic E-state index is 15.4. The number of ether oxygens (including phenoxy) is 1. The van der Waals surface area contributed by atoms with Gasteiger partial charge < -0.3 is 4.74 Å². The fourth-order valence-corrected chi connectivity index (χ4v) is 4.46. The van der Waals surface area contributed by atoms with Gasteiger partial charge in [-0.1, -0.05) is 24.1 Å². The second-order valence-electron chi connectivity index (χ2n) is 9.52. The maximum atomic E-state index is 15.4. The molecule has 0 spiro atoms. The van der Waals surface area contributed by atoms with Gasteiger partial charge in [-0.3, -0.25) is 0 Å². The van der Waals surface area contributed by atoms with Crippen LogP contribution >= 0.6 is 0 Å². The van der Waals surface area contributed by atoms with Crippen molar-refractivity contribution in [3.8, 4) is 29.0 Å². The number of fused-ring (bicyclic) bond motifs is 2. The van der Waals surface area contributed by atoms with Crippen molar-refractivity contribution in [3.63, 3.8) is 0 Å². The number of hydrogen-bond acceptors (Lipinski definition) is 3. The van der Waals surface area contributed by atoms with E-state index in [-0.39, 0.29) is 22.0 Å².